The highest BCUT2D eigenvalue weighted by Crippen LogP contribution is 2.30. The van der Waals surface area contributed by atoms with Crippen molar-refractivity contribution in [2.45, 2.75) is 36.7 Å². The zero-order chi connectivity index (χ0) is 17.1. The van der Waals surface area contributed by atoms with Crippen molar-refractivity contribution in [2.24, 2.45) is 0 Å². The number of likely N-dealkylation sites (tertiary alicyclic amines) is 1. The summed E-state index contributed by atoms with van der Waals surface area (Å²) in [5, 5.41) is 1.35. The molecule has 7 heteroatoms. The van der Waals surface area contributed by atoms with E-state index in [2.05, 4.69) is 4.57 Å². The van der Waals surface area contributed by atoms with Gasteiger partial charge in [-0.1, -0.05) is 23.4 Å². The van der Waals surface area contributed by atoms with Crippen molar-refractivity contribution >= 4 is 40.3 Å². The highest BCUT2D eigenvalue weighted by molar-refractivity contribution is 8.00. The second-order valence-electron chi connectivity index (χ2n) is 5.96. The number of benzene rings is 1. The molecule has 1 aromatic heterocycles. The van der Waals surface area contributed by atoms with E-state index in [0.717, 1.165) is 42.1 Å². The smallest absolute Gasteiger partial charge is 0.235 e. The number of methoxy groups -OCH3 is 1. The van der Waals surface area contributed by atoms with Gasteiger partial charge in [-0.15, -0.1) is 0 Å². The van der Waals surface area contributed by atoms with Crippen LogP contribution in [-0.4, -0.2) is 52.4 Å². The Morgan fingerprint density at radius 2 is 2.17 bits per heavy atom. The lowest BCUT2D eigenvalue weighted by molar-refractivity contribution is -0.129. The molecule has 2 heterocycles. The van der Waals surface area contributed by atoms with Gasteiger partial charge in [0.2, 0.25) is 5.91 Å². The van der Waals surface area contributed by atoms with Crippen LogP contribution in [0.3, 0.4) is 0 Å². The maximum Gasteiger partial charge on any atom is 0.235 e. The summed E-state index contributed by atoms with van der Waals surface area (Å²) < 4.78 is 7.32. The van der Waals surface area contributed by atoms with Gasteiger partial charge in [0.05, 0.1) is 22.9 Å². The Morgan fingerprint density at radius 1 is 1.42 bits per heavy atom. The van der Waals surface area contributed by atoms with E-state index < -0.39 is 0 Å². The van der Waals surface area contributed by atoms with E-state index in [4.69, 9.17) is 21.3 Å². The Hall–Kier alpha value is -1.24. The maximum absolute atomic E-state index is 12.6. The molecule has 1 atom stereocenters. The number of carbonyl (C=O) groups is 1. The number of thioether (sulfide) groups is 1. The molecule has 2 aromatic rings. The summed E-state index contributed by atoms with van der Waals surface area (Å²) in [4.78, 5) is 19.2. The molecule has 0 spiro atoms. The van der Waals surface area contributed by atoms with Crippen molar-refractivity contribution in [3.63, 3.8) is 0 Å². The minimum Gasteiger partial charge on any atom is -0.383 e. The first-order chi connectivity index (χ1) is 11.6. The van der Waals surface area contributed by atoms with Crippen LogP contribution in [0.4, 0.5) is 0 Å². The molecule has 0 N–H and O–H groups in total. The Balaban J connectivity index is 1.85. The lowest BCUT2D eigenvalue weighted by atomic mass is 10.3. The average molecular weight is 368 g/mol. The van der Waals surface area contributed by atoms with Crippen molar-refractivity contribution in [3.05, 3.63) is 23.2 Å². The number of carbonyl (C=O) groups excluding carboxylic acids is 1. The number of nitrogens with zero attached hydrogens (tertiary/aromatic N) is 3. The molecule has 1 fully saturated rings. The maximum atomic E-state index is 12.6. The molecule has 1 aliphatic heterocycles. The van der Waals surface area contributed by atoms with Gasteiger partial charge in [0.15, 0.2) is 5.16 Å². The number of halogens is 1. The van der Waals surface area contributed by atoms with E-state index in [1.165, 1.54) is 11.8 Å². The Morgan fingerprint density at radius 3 is 2.88 bits per heavy atom. The molecule has 5 nitrogen and oxygen atoms in total. The van der Waals surface area contributed by atoms with Crippen LogP contribution in [0.5, 0.6) is 0 Å². The highest BCUT2D eigenvalue weighted by Gasteiger charge is 2.25. The number of aromatic nitrogens is 2. The number of hydrogen-bond donors (Lipinski definition) is 0. The van der Waals surface area contributed by atoms with Crippen LogP contribution in [0.2, 0.25) is 5.02 Å². The molecule has 0 aliphatic carbocycles. The summed E-state index contributed by atoms with van der Waals surface area (Å²) in [7, 11) is 1.68. The normalized spacial score (nSPS) is 16.0. The monoisotopic (exact) mass is 367 g/mol. The topological polar surface area (TPSA) is 47.4 Å². The van der Waals surface area contributed by atoms with Crippen molar-refractivity contribution < 1.29 is 9.53 Å². The lowest BCUT2D eigenvalue weighted by Gasteiger charge is -2.20. The van der Waals surface area contributed by atoms with Gasteiger partial charge >= 0.3 is 0 Å². The number of amides is 1. The van der Waals surface area contributed by atoms with E-state index in [0.29, 0.717) is 18.2 Å². The van der Waals surface area contributed by atoms with Crippen molar-refractivity contribution in [1.29, 1.82) is 0 Å². The first-order valence-corrected chi connectivity index (χ1v) is 9.46. The number of rotatable bonds is 6. The SMILES string of the molecule is COCCn1c(SC(C)C(=O)N2CCCC2)nc2cc(Cl)ccc21. The van der Waals surface area contributed by atoms with E-state index in [1.807, 2.05) is 30.0 Å². The molecule has 0 saturated carbocycles. The molecule has 0 bridgehead atoms. The van der Waals surface area contributed by atoms with Gasteiger partial charge < -0.3 is 14.2 Å². The molecule has 3 rings (SSSR count). The molecule has 24 heavy (non-hydrogen) atoms. The minimum absolute atomic E-state index is 0.156. The fraction of sp³-hybridized carbons (Fsp3) is 0.529. The average Bonchev–Trinajstić information content (AvgIpc) is 3.19. The fourth-order valence-corrected chi connectivity index (χ4v) is 4.17. The first kappa shape index (κ1) is 17.6. The van der Waals surface area contributed by atoms with Gasteiger partial charge in [0.1, 0.15) is 0 Å². The number of ether oxygens (including phenoxy) is 1. The summed E-state index contributed by atoms with van der Waals surface area (Å²) in [5.74, 6) is 0.195. The summed E-state index contributed by atoms with van der Waals surface area (Å²) >= 11 is 7.59. The van der Waals surface area contributed by atoms with Gasteiger partial charge in [-0.25, -0.2) is 4.98 Å². The van der Waals surface area contributed by atoms with Gasteiger partial charge in [0.25, 0.3) is 0 Å². The van der Waals surface area contributed by atoms with Crippen LogP contribution in [0, 0.1) is 0 Å². The summed E-state index contributed by atoms with van der Waals surface area (Å²) in [5.41, 5.74) is 1.86. The second-order valence-corrected chi connectivity index (χ2v) is 7.71. The van der Waals surface area contributed by atoms with Gasteiger partial charge in [-0.05, 0) is 38.0 Å². The van der Waals surface area contributed by atoms with Gasteiger partial charge in [-0.2, -0.15) is 0 Å². The highest BCUT2D eigenvalue weighted by atomic mass is 35.5. The molecule has 1 aromatic carbocycles. The third-order valence-electron chi connectivity index (χ3n) is 4.24. The van der Waals surface area contributed by atoms with E-state index in [9.17, 15) is 4.79 Å². The molecule has 1 amide bonds. The van der Waals surface area contributed by atoms with Crippen LogP contribution in [-0.2, 0) is 16.1 Å². The fourth-order valence-electron chi connectivity index (χ4n) is 2.97. The predicted molar refractivity (Wildman–Crippen MR) is 97.8 cm³/mol. The quantitative estimate of drug-likeness (QED) is 0.734. The molecule has 1 unspecified atom stereocenters. The zero-order valence-corrected chi connectivity index (χ0v) is 15.6. The number of imidazole rings is 1. The number of hydrogen-bond acceptors (Lipinski definition) is 4. The van der Waals surface area contributed by atoms with E-state index >= 15 is 0 Å². The van der Waals surface area contributed by atoms with Gasteiger partial charge in [-0.3, -0.25) is 4.79 Å². The standard InChI is InChI=1S/C17H22ClN3O2S/c1-12(16(22)20-7-3-4-8-20)24-17-19-14-11-13(18)5-6-15(14)21(17)9-10-23-2/h5-6,11-12H,3-4,7-10H2,1-2H3. The lowest BCUT2D eigenvalue weighted by Crippen LogP contribution is -2.34. The Labute approximate surface area is 151 Å². The third kappa shape index (κ3) is 3.71. The van der Waals surface area contributed by atoms with E-state index in [-0.39, 0.29) is 11.2 Å². The number of fused-ring (bicyclic) bond motifs is 1. The summed E-state index contributed by atoms with van der Waals surface area (Å²) in [6.07, 6.45) is 2.21. The second kappa shape index (κ2) is 7.76. The molecular formula is C17H22ClN3O2S. The minimum atomic E-state index is -0.156. The third-order valence-corrected chi connectivity index (χ3v) is 5.55. The molecule has 0 radical (unpaired) electrons. The molecule has 130 valence electrons. The van der Waals surface area contributed by atoms with E-state index in [1.54, 1.807) is 7.11 Å². The van der Waals surface area contributed by atoms with Crippen molar-refractivity contribution in [1.82, 2.24) is 14.5 Å². The Bertz CT molecular complexity index is 728. The zero-order valence-electron chi connectivity index (χ0n) is 14.0. The van der Waals surface area contributed by atoms with Crippen LogP contribution >= 0.6 is 23.4 Å². The summed E-state index contributed by atoms with van der Waals surface area (Å²) in [6.45, 7) is 4.99. The van der Waals surface area contributed by atoms with Crippen LogP contribution < -0.4 is 0 Å². The van der Waals surface area contributed by atoms with Crippen LogP contribution in [0.25, 0.3) is 11.0 Å². The van der Waals surface area contributed by atoms with Crippen LogP contribution in [0.1, 0.15) is 19.8 Å². The summed E-state index contributed by atoms with van der Waals surface area (Å²) in [6, 6.07) is 5.69. The van der Waals surface area contributed by atoms with Crippen LogP contribution in [0.15, 0.2) is 23.4 Å². The van der Waals surface area contributed by atoms with Gasteiger partial charge in [0, 0.05) is 31.8 Å². The predicted octanol–water partition coefficient (Wildman–Crippen LogP) is 3.44. The largest absolute Gasteiger partial charge is 0.383 e. The molecule has 1 saturated heterocycles. The van der Waals surface area contributed by atoms with Crippen molar-refractivity contribution in [3.8, 4) is 0 Å². The van der Waals surface area contributed by atoms with Crippen molar-refractivity contribution in [2.75, 3.05) is 26.8 Å². The Kier molecular flexibility index (Phi) is 5.69. The molecule has 1 aliphatic rings. The molecular weight excluding hydrogens is 346 g/mol. The first-order valence-electron chi connectivity index (χ1n) is 8.20.